The first-order chi connectivity index (χ1) is 8.34. The number of halogens is 2. The molecule has 1 rings (SSSR count). The van der Waals surface area contributed by atoms with E-state index in [0.29, 0.717) is 18.7 Å². The average molecular weight is 295 g/mol. The van der Waals surface area contributed by atoms with Gasteiger partial charge < -0.3 is 0 Å². The van der Waals surface area contributed by atoms with E-state index < -0.39 is 26.4 Å². The maximum absolute atomic E-state index is 13.4. The zero-order chi connectivity index (χ0) is 13.8. The van der Waals surface area contributed by atoms with Gasteiger partial charge in [-0.15, -0.1) is 11.6 Å². The lowest BCUT2D eigenvalue weighted by Crippen LogP contribution is -2.46. The van der Waals surface area contributed by atoms with Crippen LogP contribution < -0.4 is 4.72 Å². The molecule has 4 nitrogen and oxygen atoms in total. The van der Waals surface area contributed by atoms with Crippen LogP contribution in [-0.4, -0.2) is 24.8 Å². The fourth-order valence-electron chi connectivity index (χ4n) is 1.45. The first-order valence-electron chi connectivity index (χ1n) is 5.55. The molecule has 1 N–H and O–H groups in total. The topological polar surface area (TPSA) is 59.1 Å². The molecule has 102 valence electrons. The molecule has 0 aromatic carbocycles. The molecule has 0 aliphatic carbocycles. The van der Waals surface area contributed by atoms with Crippen molar-refractivity contribution in [1.29, 1.82) is 0 Å². The molecule has 1 unspecified atom stereocenters. The standard InChI is InChI=1S/C11H16ClFN2O2S/c1-3-11(2,6-7-12)15-18(16,17)10-9(13)5-4-8-14-10/h4-5,8,15H,3,6-7H2,1-2H3. The third-order valence-corrected chi connectivity index (χ3v) is 4.55. The highest BCUT2D eigenvalue weighted by Gasteiger charge is 2.30. The van der Waals surface area contributed by atoms with Crippen molar-refractivity contribution in [3.63, 3.8) is 0 Å². The molecule has 0 radical (unpaired) electrons. The SMILES string of the molecule is CCC(C)(CCCl)NS(=O)(=O)c1ncccc1F. The third kappa shape index (κ3) is 3.63. The molecule has 1 aromatic rings. The van der Waals surface area contributed by atoms with Crippen LogP contribution in [0.4, 0.5) is 4.39 Å². The van der Waals surface area contributed by atoms with Crippen molar-refractivity contribution in [2.45, 2.75) is 37.3 Å². The number of rotatable bonds is 6. The summed E-state index contributed by atoms with van der Waals surface area (Å²) in [5, 5.41) is -0.584. The number of nitrogens with one attached hydrogen (secondary N) is 1. The molecular formula is C11H16ClFN2O2S. The molecule has 0 bridgehead atoms. The second-order valence-corrected chi connectivity index (χ2v) is 6.22. The Hall–Kier alpha value is -0.720. The summed E-state index contributed by atoms with van der Waals surface area (Å²) in [6.45, 7) is 3.57. The van der Waals surface area contributed by atoms with Crippen LogP contribution in [0.1, 0.15) is 26.7 Å². The van der Waals surface area contributed by atoms with Crippen LogP contribution in [-0.2, 0) is 10.0 Å². The Morgan fingerprint density at radius 2 is 2.22 bits per heavy atom. The minimum absolute atomic E-state index is 0.317. The van der Waals surface area contributed by atoms with Crippen molar-refractivity contribution in [2.75, 3.05) is 5.88 Å². The van der Waals surface area contributed by atoms with Crippen LogP contribution in [0.25, 0.3) is 0 Å². The zero-order valence-electron chi connectivity index (χ0n) is 10.3. The molecule has 0 amide bonds. The van der Waals surface area contributed by atoms with E-state index in [4.69, 9.17) is 11.6 Å². The molecule has 18 heavy (non-hydrogen) atoms. The van der Waals surface area contributed by atoms with Gasteiger partial charge in [0.15, 0.2) is 5.82 Å². The van der Waals surface area contributed by atoms with Gasteiger partial charge in [0.05, 0.1) is 0 Å². The summed E-state index contributed by atoms with van der Waals surface area (Å²) in [5.41, 5.74) is -0.704. The van der Waals surface area contributed by atoms with Crippen molar-refractivity contribution in [3.8, 4) is 0 Å². The predicted octanol–water partition coefficient (Wildman–Crippen LogP) is 2.30. The molecule has 0 aliphatic rings. The first kappa shape index (κ1) is 15.3. The monoisotopic (exact) mass is 294 g/mol. The number of pyridine rings is 1. The molecular weight excluding hydrogens is 279 g/mol. The van der Waals surface area contributed by atoms with Gasteiger partial charge in [0.1, 0.15) is 0 Å². The lowest BCUT2D eigenvalue weighted by Gasteiger charge is -2.28. The van der Waals surface area contributed by atoms with Crippen molar-refractivity contribution in [1.82, 2.24) is 9.71 Å². The highest BCUT2D eigenvalue weighted by Crippen LogP contribution is 2.20. The van der Waals surface area contributed by atoms with Crippen molar-refractivity contribution in [3.05, 3.63) is 24.1 Å². The van der Waals surface area contributed by atoms with E-state index in [-0.39, 0.29) is 0 Å². The highest BCUT2D eigenvalue weighted by molar-refractivity contribution is 7.89. The number of sulfonamides is 1. The van der Waals surface area contributed by atoms with Gasteiger partial charge in [0, 0.05) is 17.6 Å². The van der Waals surface area contributed by atoms with E-state index in [0.717, 1.165) is 6.07 Å². The normalized spacial score (nSPS) is 15.3. The second kappa shape index (κ2) is 5.95. The molecule has 0 spiro atoms. The minimum atomic E-state index is -3.98. The number of hydrogen-bond acceptors (Lipinski definition) is 3. The molecule has 0 saturated carbocycles. The highest BCUT2D eigenvalue weighted by atomic mass is 35.5. The largest absolute Gasteiger partial charge is 0.261 e. The second-order valence-electron chi connectivity index (χ2n) is 4.25. The van der Waals surface area contributed by atoms with Crippen LogP contribution in [0.15, 0.2) is 23.4 Å². The van der Waals surface area contributed by atoms with Crippen LogP contribution >= 0.6 is 11.6 Å². The number of aromatic nitrogens is 1. The van der Waals surface area contributed by atoms with Gasteiger partial charge in [0.2, 0.25) is 5.03 Å². The van der Waals surface area contributed by atoms with Crippen molar-refractivity contribution < 1.29 is 12.8 Å². The van der Waals surface area contributed by atoms with E-state index in [1.807, 2.05) is 6.92 Å². The smallest absolute Gasteiger partial charge is 0.241 e. The summed E-state index contributed by atoms with van der Waals surface area (Å²) in [6.07, 6.45) is 2.24. The van der Waals surface area contributed by atoms with Crippen LogP contribution in [0, 0.1) is 5.82 Å². The summed E-state index contributed by atoms with van der Waals surface area (Å²) in [7, 11) is -3.98. The van der Waals surface area contributed by atoms with Gasteiger partial charge in [-0.3, -0.25) is 0 Å². The van der Waals surface area contributed by atoms with Crippen molar-refractivity contribution >= 4 is 21.6 Å². The van der Waals surface area contributed by atoms with Crippen LogP contribution in [0.2, 0.25) is 0 Å². The lowest BCUT2D eigenvalue weighted by atomic mass is 9.97. The zero-order valence-corrected chi connectivity index (χ0v) is 11.9. The lowest BCUT2D eigenvalue weighted by molar-refractivity contribution is 0.388. The maximum atomic E-state index is 13.4. The van der Waals surface area contributed by atoms with Gasteiger partial charge in [-0.1, -0.05) is 6.92 Å². The Labute approximate surface area is 112 Å². The van der Waals surface area contributed by atoms with Crippen LogP contribution in [0.3, 0.4) is 0 Å². The van der Waals surface area contributed by atoms with E-state index in [1.165, 1.54) is 12.3 Å². The molecule has 1 heterocycles. The molecule has 0 fully saturated rings. The van der Waals surface area contributed by atoms with E-state index in [1.54, 1.807) is 6.92 Å². The third-order valence-electron chi connectivity index (χ3n) is 2.79. The fourth-order valence-corrected chi connectivity index (χ4v) is 3.38. The van der Waals surface area contributed by atoms with E-state index in [2.05, 4.69) is 9.71 Å². The Morgan fingerprint density at radius 1 is 1.56 bits per heavy atom. The Kier molecular flexibility index (Phi) is 5.07. The summed E-state index contributed by atoms with van der Waals surface area (Å²) in [4.78, 5) is 3.57. The average Bonchev–Trinajstić information content (AvgIpc) is 2.29. The number of alkyl halides is 1. The van der Waals surface area contributed by atoms with Crippen molar-refractivity contribution in [2.24, 2.45) is 0 Å². The molecule has 1 atom stereocenters. The van der Waals surface area contributed by atoms with Gasteiger partial charge in [0.25, 0.3) is 10.0 Å². The van der Waals surface area contributed by atoms with Gasteiger partial charge in [-0.05, 0) is 31.9 Å². The number of nitrogens with zero attached hydrogens (tertiary/aromatic N) is 1. The molecule has 1 aromatic heterocycles. The van der Waals surface area contributed by atoms with E-state index >= 15 is 0 Å². The molecule has 0 saturated heterocycles. The Morgan fingerprint density at radius 3 is 2.72 bits per heavy atom. The van der Waals surface area contributed by atoms with Gasteiger partial charge in [-0.2, -0.15) is 0 Å². The van der Waals surface area contributed by atoms with Gasteiger partial charge >= 0.3 is 0 Å². The summed E-state index contributed by atoms with van der Waals surface area (Å²) < 4.78 is 40.0. The summed E-state index contributed by atoms with van der Waals surface area (Å²) in [5.74, 6) is -0.549. The van der Waals surface area contributed by atoms with Crippen LogP contribution in [0.5, 0.6) is 0 Å². The number of hydrogen-bond donors (Lipinski definition) is 1. The van der Waals surface area contributed by atoms with E-state index in [9.17, 15) is 12.8 Å². The Balaban J connectivity index is 3.06. The predicted molar refractivity (Wildman–Crippen MR) is 68.5 cm³/mol. The Bertz CT molecular complexity index is 510. The summed E-state index contributed by atoms with van der Waals surface area (Å²) in [6, 6.07) is 2.40. The quantitative estimate of drug-likeness (QED) is 0.819. The first-order valence-corrected chi connectivity index (χ1v) is 7.57. The minimum Gasteiger partial charge on any atom is -0.241 e. The maximum Gasteiger partial charge on any atom is 0.261 e. The fraction of sp³-hybridized carbons (Fsp3) is 0.545. The van der Waals surface area contributed by atoms with Gasteiger partial charge in [-0.25, -0.2) is 22.5 Å². The summed E-state index contributed by atoms with van der Waals surface area (Å²) >= 11 is 5.65. The molecule has 0 aliphatic heterocycles. The molecule has 7 heteroatoms.